The van der Waals surface area contributed by atoms with Crippen molar-refractivity contribution in [2.75, 3.05) is 37.2 Å². The van der Waals surface area contributed by atoms with Crippen LogP contribution in [0.4, 0.5) is 122 Å². The molecule has 0 aliphatic heterocycles. The van der Waals surface area contributed by atoms with Gasteiger partial charge < -0.3 is 9.64 Å². The van der Waals surface area contributed by atoms with E-state index < -0.39 is 103 Å². The van der Waals surface area contributed by atoms with E-state index in [0.29, 0.717) is 11.4 Å². The second-order valence-corrected chi connectivity index (χ2v) is 23.3. The number of carbonyl (C=O) groups is 2. The summed E-state index contributed by atoms with van der Waals surface area (Å²) < 4.78 is 278. The smallest absolute Gasteiger partial charge is 0.315 e. The minimum atomic E-state index is -6.64. The van der Waals surface area contributed by atoms with Crippen molar-refractivity contribution in [1.29, 1.82) is 0 Å². The molecule has 0 saturated heterocycles. The van der Waals surface area contributed by atoms with E-state index in [2.05, 4.69) is 44.1 Å². The van der Waals surface area contributed by atoms with Gasteiger partial charge in [-0.15, -0.1) is 32.4 Å². The number of anilines is 2. The molecule has 2 rings (SSSR count). The standard InChI is InChI=1S/C14H18F3NOSi.C12H16FNOSi.C5H2F10O2.C3H2F6O.C2H2F4O/c1-5-20(3,4)12-8-6-7-11(9-12)18(2)13(19)10-14(15,16)17;1-5-16(3,4)11-8-6-7-10(9-11)14(2)12(13)15;6-2(7,8)1-16-5(13,14)3(9,17-15)4(10,11)12;4-2(5,6)1-3(7,8)10-9;3-1-2(4,5)7-6/h5-9H,1,10H2,2-4H3;5-9H,1H2,2-4H3;1H2;1H2;1H2. The van der Waals surface area contributed by atoms with E-state index in [4.69, 9.17) is 0 Å². The molecule has 2 aromatic rings. The second-order valence-electron chi connectivity index (χ2n) is 14.5. The van der Waals surface area contributed by atoms with E-state index in [-0.39, 0.29) is 0 Å². The third-order valence-corrected chi connectivity index (χ3v) is 13.7. The molecule has 0 radical (unpaired) electrons. The zero-order chi connectivity index (χ0) is 56.3. The Morgan fingerprint density at radius 3 is 1.23 bits per heavy atom. The van der Waals surface area contributed by atoms with Crippen molar-refractivity contribution in [3.63, 3.8) is 0 Å². The normalized spacial score (nSPS) is 13.5. The van der Waals surface area contributed by atoms with Gasteiger partial charge in [0.25, 0.3) is 0 Å². The van der Waals surface area contributed by atoms with Crippen LogP contribution >= 0.6 is 0 Å². The highest BCUT2D eigenvalue weighted by molar-refractivity contribution is 6.94. The van der Waals surface area contributed by atoms with Crippen LogP contribution in [0.1, 0.15) is 12.8 Å². The molecule has 0 aromatic heterocycles. The van der Waals surface area contributed by atoms with Crippen molar-refractivity contribution in [1.82, 2.24) is 0 Å². The summed E-state index contributed by atoms with van der Waals surface area (Å²) in [6.07, 6.45) is -42.5. The maximum atomic E-state index is 12.6. The number of amides is 2. The maximum absolute atomic E-state index is 12.6. The van der Waals surface area contributed by atoms with E-state index >= 15 is 0 Å². The van der Waals surface area contributed by atoms with E-state index in [1.807, 2.05) is 40.6 Å². The van der Waals surface area contributed by atoms with Crippen LogP contribution in [0.5, 0.6) is 0 Å². The van der Waals surface area contributed by atoms with Crippen LogP contribution < -0.4 is 20.2 Å². The van der Waals surface area contributed by atoms with Crippen molar-refractivity contribution in [2.45, 2.75) is 87.9 Å². The first-order valence-electron chi connectivity index (χ1n) is 18.0. The Bertz CT molecular complexity index is 1920. The quantitative estimate of drug-likeness (QED) is 0.0765. The Labute approximate surface area is 383 Å². The summed E-state index contributed by atoms with van der Waals surface area (Å²) in [5, 5.41) is 2.16. The summed E-state index contributed by atoms with van der Waals surface area (Å²) in [5.41, 5.74) is 4.90. The summed E-state index contributed by atoms with van der Waals surface area (Å²) >= 11 is 0. The largest absolute Gasteiger partial charge is 0.461 e. The molecule has 0 bridgehead atoms. The lowest BCUT2D eigenvalue weighted by atomic mass is 10.2. The third kappa shape index (κ3) is 26.1. The molecule has 0 heterocycles. The lowest BCUT2D eigenvalue weighted by Crippen LogP contribution is -2.58. The molecule has 1 atom stereocenters. The Kier molecular flexibility index (Phi) is 27.2. The summed E-state index contributed by atoms with van der Waals surface area (Å²) in [4.78, 5) is 29.3. The fourth-order valence-corrected chi connectivity index (χ4v) is 6.36. The van der Waals surface area contributed by atoms with Crippen LogP contribution in [0, 0.1) is 0 Å². The molecule has 0 fully saturated rings. The summed E-state index contributed by atoms with van der Waals surface area (Å²) in [6.45, 7) is 11.0. The molecule has 406 valence electrons. The van der Waals surface area contributed by atoms with Crippen LogP contribution in [0.25, 0.3) is 0 Å². The van der Waals surface area contributed by atoms with E-state index in [9.17, 15) is 115 Å². The molecule has 1 unspecified atom stereocenters. The van der Waals surface area contributed by atoms with Crippen molar-refractivity contribution in [3.05, 3.63) is 73.1 Å². The molecule has 34 heteroatoms. The van der Waals surface area contributed by atoms with Crippen molar-refractivity contribution < 1.29 is 135 Å². The summed E-state index contributed by atoms with van der Waals surface area (Å²) in [7, 11) is -0.693. The van der Waals surface area contributed by atoms with Gasteiger partial charge in [0.05, 0.1) is 0 Å². The molecule has 0 saturated carbocycles. The number of benzene rings is 2. The van der Waals surface area contributed by atoms with Crippen LogP contribution in [-0.2, 0) is 24.4 Å². The topological polar surface area (TPSA) is 77.5 Å². The number of alkyl halides is 20. The number of nitrogens with zero attached hydrogens (tertiary/aromatic N) is 2. The van der Waals surface area contributed by atoms with Gasteiger partial charge in [0, 0.05) is 25.5 Å². The van der Waals surface area contributed by atoms with Crippen molar-refractivity contribution >= 4 is 50.0 Å². The first-order chi connectivity index (χ1) is 31.1. The van der Waals surface area contributed by atoms with Gasteiger partial charge in [0.1, 0.15) is 35.6 Å². The average molecular weight is 1110 g/mol. The fourth-order valence-electron chi connectivity index (χ4n) is 3.80. The Balaban J connectivity index is -0.000000833. The first-order valence-corrected chi connectivity index (χ1v) is 24.1. The zero-order valence-corrected chi connectivity index (χ0v) is 38.4. The zero-order valence-electron chi connectivity index (χ0n) is 36.4. The van der Waals surface area contributed by atoms with Crippen LogP contribution in [0.15, 0.2) is 73.1 Å². The molecular formula is C36H40F24N2O6Si2. The summed E-state index contributed by atoms with van der Waals surface area (Å²) in [6, 6.07) is 14.5. The van der Waals surface area contributed by atoms with Gasteiger partial charge in [-0.2, -0.15) is 83.4 Å². The number of ether oxygens (including phenoxy) is 1. The van der Waals surface area contributed by atoms with Crippen molar-refractivity contribution in [2.24, 2.45) is 0 Å². The number of rotatable bonds is 15. The second kappa shape index (κ2) is 27.3. The van der Waals surface area contributed by atoms with Crippen LogP contribution in [0.3, 0.4) is 0 Å². The average Bonchev–Trinajstić information content (AvgIpc) is 3.23. The predicted octanol–water partition coefficient (Wildman–Crippen LogP) is 13.3. The number of halogens is 24. The molecule has 0 spiro atoms. The Hall–Kier alpha value is -4.55. The van der Waals surface area contributed by atoms with Crippen LogP contribution in [-0.4, -0.2) is 104 Å². The fraction of sp³-hybridized carbons (Fsp3) is 0.500. The molecule has 0 N–H and O–H groups in total. The van der Waals surface area contributed by atoms with E-state index in [1.165, 1.54) is 19.0 Å². The van der Waals surface area contributed by atoms with Gasteiger partial charge >= 0.3 is 55.0 Å². The van der Waals surface area contributed by atoms with E-state index in [1.54, 1.807) is 29.2 Å². The molecule has 2 amide bonds. The van der Waals surface area contributed by atoms with Gasteiger partial charge in [-0.25, -0.2) is 9.18 Å². The predicted molar refractivity (Wildman–Crippen MR) is 206 cm³/mol. The monoisotopic (exact) mass is 1110 g/mol. The lowest BCUT2D eigenvalue weighted by Gasteiger charge is -2.30. The molecule has 70 heavy (non-hydrogen) atoms. The number of hydrogen-bond donors (Lipinski definition) is 0. The van der Waals surface area contributed by atoms with Crippen LogP contribution in [0.2, 0.25) is 26.2 Å². The first kappa shape index (κ1) is 69.7. The highest BCUT2D eigenvalue weighted by atomic mass is 28.3. The highest BCUT2D eigenvalue weighted by Gasteiger charge is 2.76. The minimum absolute atomic E-state index is 0.471. The molecule has 0 aliphatic carbocycles. The van der Waals surface area contributed by atoms with Gasteiger partial charge in [-0.05, 0) is 37.8 Å². The minimum Gasteiger partial charge on any atom is -0.315 e. The number of carbonyl (C=O) groups excluding carboxylic acids is 2. The maximum Gasteiger partial charge on any atom is 0.461 e. The van der Waals surface area contributed by atoms with Gasteiger partial charge in [-0.1, -0.05) is 72.2 Å². The Morgan fingerprint density at radius 2 is 0.986 bits per heavy atom. The van der Waals surface area contributed by atoms with Gasteiger partial charge in [0.2, 0.25) is 5.91 Å². The van der Waals surface area contributed by atoms with E-state index in [0.717, 1.165) is 20.2 Å². The highest BCUT2D eigenvalue weighted by Crippen LogP contribution is 2.47. The lowest BCUT2D eigenvalue weighted by molar-refractivity contribution is -0.504. The number of hydrogen-bond acceptors (Lipinski definition) is 6. The molecule has 2 aromatic carbocycles. The van der Waals surface area contributed by atoms with Crippen molar-refractivity contribution in [3.8, 4) is 0 Å². The Morgan fingerprint density at radius 1 is 0.600 bits per heavy atom. The molecule has 8 nitrogen and oxygen atoms in total. The van der Waals surface area contributed by atoms with Gasteiger partial charge in [-0.3, -0.25) is 9.69 Å². The SMILES string of the molecule is C=C[Si](C)(C)c1cccc(N(C)C(=O)CC(F)(F)F)c1.C=C[Si](C)(C)c1cccc(N(C)C(=O)F)c1.FCC(F)(F)OF.FOC(F)(C(F)(F)F)C(F)(F)OCC(F)(F)F.FOC(F)(F)CC(F)(F)F. The molecule has 0 aliphatic rings. The van der Waals surface area contributed by atoms with Gasteiger partial charge in [0.15, 0.2) is 6.67 Å². The third-order valence-electron chi connectivity index (χ3n) is 8.01. The molecular weight excluding hydrogens is 1070 g/mol. The summed E-state index contributed by atoms with van der Waals surface area (Å²) in [5.74, 6) is -7.29.